The van der Waals surface area contributed by atoms with Crippen molar-refractivity contribution >= 4 is 11.9 Å². The van der Waals surface area contributed by atoms with Crippen LogP contribution in [0.25, 0.3) is 0 Å². The maximum Gasteiger partial charge on any atom is 0.225 e. The molecule has 3 aliphatic rings. The highest BCUT2D eigenvalue weighted by atomic mass is 16.2. The lowest BCUT2D eigenvalue weighted by Crippen LogP contribution is -2.40. The van der Waals surface area contributed by atoms with Gasteiger partial charge in [-0.05, 0) is 37.2 Å². The molecule has 5 nitrogen and oxygen atoms in total. The van der Waals surface area contributed by atoms with Gasteiger partial charge in [-0.2, -0.15) is 0 Å². The van der Waals surface area contributed by atoms with Crippen molar-refractivity contribution in [2.45, 2.75) is 19.3 Å². The number of aromatic nitrogens is 2. The largest absolute Gasteiger partial charge is 0.342 e. The van der Waals surface area contributed by atoms with E-state index in [2.05, 4.69) is 19.8 Å². The van der Waals surface area contributed by atoms with E-state index in [1.807, 2.05) is 6.07 Å². The Morgan fingerprint density at radius 2 is 1.80 bits per heavy atom. The fraction of sp³-hybridized carbons (Fsp3) is 0.667. The van der Waals surface area contributed by atoms with E-state index < -0.39 is 0 Å². The maximum atomic E-state index is 12.2. The number of amides is 1. The number of hydrogen-bond acceptors (Lipinski definition) is 4. The summed E-state index contributed by atoms with van der Waals surface area (Å²) in [6.45, 7) is 3.91. The standard InChI is InChI=1S/C15H20N4O/c20-14(11-2-3-11)19-8-12-4-7-18(9-13(12)10-19)15-16-5-1-6-17-15/h1,5-6,11-13H,2-4,7-10H2/t12-,13+/m1/s1. The summed E-state index contributed by atoms with van der Waals surface area (Å²) in [4.78, 5) is 25.3. The van der Waals surface area contributed by atoms with Crippen molar-refractivity contribution < 1.29 is 4.79 Å². The topological polar surface area (TPSA) is 49.3 Å². The van der Waals surface area contributed by atoms with Gasteiger partial charge in [0.1, 0.15) is 0 Å². The van der Waals surface area contributed by atoms with Crippen molar-refractivity contribution in [1.82, 2.24) is 14.9 Å². The maximum absolute atomic E-state index is 12.2. The van der Waals surface area contributed by atoms with Gasteiger partial charge in [-0.3, -0.25) is 4.79 Å². The zero-order valence-electron chi connectivity index (χ0n) is 11.6. The molecule has 0 radical (unpaired) electrons. The van der Waals surface area contributed by atoms with Crippen LogP contribution in [-0.2, 0) is 4.79 Å². The van der Waals surface area contributed by atoms with Crippen LogP contribution in [0.3, 0.4) is 0 Å². The van der Waals surface area contributed by atoms with E-state index in [0.717, 1.165) is 51.4 Å². The number of fused-ring (bicyclic) bond motifs is 1. The lowest BCUT2D eigenvalue weighted by molar-refractivity contribution is -0.131. The summed E-state index contributed by atoms with van der Waals surface area (Å²) in [5.41, 5.74) is 0. The number of nitrogens with zero attached hydrogens (tertiary/aromatic N) is 4. The molecule has 3 fully saturated rings. The van der Waals surface area contributed by atoms with Crippen molar-refractivity contribution in [1.29, 1.82) is 0 Å². The van der Waals surface area contributed by atoms with E-state index in [0.29, 0.717) is 23.7 Å². The van der Waals surface area contributed by atoms with Gasteiger partial charge in [0.25, 0.3) is 0 Å². The molecule has 3 heterocycles. The van der Waals surface area contributed by atoms with Crippen LogP contribution in [-0.4, -0.2) is 47.0 Å². The van der Waals surface area contributed by atoms with E-state index in [4.69, 9.17) is 0 Å². The van der Waals surface area contributed by atoms with E-state index in [9.17, 15) is 4.79 Å². The predicted molar refractivity (Wildman–Crippen MR) is 75.1 cm³/mol. The molecule has 1 amide bonds. The van der Waals surface area contributed by atoms with Crippen LogP contribution in [0.4, 0.5) is 5.95 Å². The Morgan fingerprint density at radius 3 is 2.55 bits per heavy atom. The second-order valence-electron chi connectivity index (χ2n) is 6.32. The predicted octanol–water partition coefficient (Wildman–Crippen LogP) is 1.17. The number of carbonyl (C=O) groups is 1. The first-order chi connectivity index (χ1) is 9.81. The summed E-state index contributed by atoms with van der Waals surface area (Å²) < 4.78 is 0. The molecule has 0 spiro atoms. The van der Waals surface area contributed by atoms with Gasteiger partial charge in [0.2, 0.25) is 11.9 Å². The van der Waals surface area contributed by atoms with E-state index in [1.165, 1.54) is 0 Å². The van der Waals surface area contributed by atoms with E-state index in [1.54, 1.807) is 12.4 Å². The summed E-state index contributed by atoms with van der Waals surface area (Å²) >= 11 is 0. The molecule has 1 aromatic heterocycles. The molecular formula is C15H20N4O. The first kappa shape index (κ1) is 12.1. The number of carbonyl (C=O) groups excluding carboxylic acids is 1. The Morgan fingerprint density at radius 1 is 1.05 bits per heavy atom. The number of likely N-dealkylation sites (tertiary alicyclic amines) is 1. The van der Waals surface area contributed by atoms with Gasteiger partial charge >= 0.3 is 0 Å². The fourth-order valence-corrected chi connectivity index (χ4v) is 3.57. The Labute approximate surface area is 119 Å². The molecule has 20 heavy (non-hydrogen) atoms. The lowest BCUT2D eigenvalue weighted by Gasteiger charge is -2.34. The first-order valence-electron chi connectivity index (χ1n) is 7.62. The number of anilines is 1. The Hall–Kier alpha value is -1.65. The minimum Gasteiger partial charge on any atom is -0.342 e. The van der Waals surface area contributed by atoms with Crippen molar-refractivity contribution in [3.8, 4) is 0 Å². The summed E-state index contributed by atoms with van der Waals surface area (Å²) in [6.07, 6.45) is 6.96. The smallest absolute Gasteiger partial charge is 0.225 e. The van der Waals surface area contributed by atoms with Crippen LogP contribution in [0.5, 0.6) is 0 Å². The van der Waals surface area contributed by atoms with Gasteiger partial charge in [0.05, 0.1) is 0 Å². The number of rotatable bonds is 2. The highest BCUT2D eigenvalue weighted by Gasteiger charge is 2.42. The van der Waals surface area contributed by atoms with Gasteiger partial charge in [-0.15, -0.1) is 0 Å². The van der Waals surface area contributed by atoms with Gasteiger partial charge in [0.15, 0.2) is 0 Å². The summed E-state index contributed by atoms with van der Waals surface area (Å²) in [7, 11) is 0. The van der Waals surface area contributed by atoms with Crippen LogP contribution in [0.1, 0.15) is 19.3 Å². The Kier molecular flexibility index (Phi) is 2.86. The molecule has 0 bridgehead atoms. The van der Waals surface area contributed by atoms with Crippen LogP contribution >= 0.6 is 0 Å². The van der Waals surface area contributed by atoms with Gasteiger partial charge in [0, 0.05) is 44.5 Å². The molecule has 106 valence electrons. The molecule has 0 aromatic carbocycles. The molecule has 2 saturated heterocycles. The molecule has 2 aliphatic heterocycles. The third-order valence-corrected chi connectivity index (χ3v) is 4.87. The van der Waals surface area contributed by atoms with Crippen molar-refractivity contribution in [3.63, 3.8) is 0 Å². The van der Waals surface area contributed by atoms with Crippen LogP contribution in [0.15, 0.2) is 18.5 Å². The quantitative estimate of drug-likeness (QED) is 0.811. The van der Waals surface area contributed by atoms with Crippen molar-refractivity contribution in [2.75, 3.05) is 31.1 Å². The fourth-order valence-electron chi connectivity index (χ4n) is 3.57. The molecule has 1 aliphatic carbocycles. The molecule has 1 saturated carbocycles. The summed E-state index contributed by atoms with van der Waals surface area (Å²) in [6, 6.07) is 1.85. The van der Waals surface area contributed by atoms with Gasteiger partial charge in [-0.1, -0.05) is 0 Å². The van der Waals surface area contributed by atoms with Crippen LogP contribution < -0.4 is 4.90 Å². The SMILES string of the molecule is O=C(C1CC1)N1C[C@H]2CCN(c3ncccn3)C[C@H]2C1. The molecular weight excluding hydrogens is 252 g/mol. The minimum absolute atomic E-state index is 0.351. The van der Waals surface area contributed by atoms with E-state index >= 15 is 0 Å². The molecule has 5 heteroatoms. The summed E-state index contributed by atoms with van der Waals surface area (Å²) in [5.74, 6) is 2.86. The zero-order chi connectivity index (χ0) is 13.5. The Balaban J connectivity index is 1.43. The lowest BCUT2D eigenvalue weighted by atomic mass is 9.89. The van der Waals surface area contributed by atoms with Crippen molar-refractivity contribution in [3.05, 3.63) is 18.5 Å². The molecule has 4 rings (SSSR count). The van der Waals surface area contributed by atoms with Gasteiger partial charge in [-0.25, -0.2) is 9.97 Å². The second-order valence-corrected chi connectivity index (χ2v) is 6.32. The highest BCUT2D eigenvalue weighted by molar-refractivity contribution is 5.81. The average molecular weight is 272 g/mol. The van der Waals surface area contributed by atoms with Crippen LogP contribution in [0.2, 0.25) is 0 Å². The molecule has 2 atom stereocenters. The van der Waals surface area contributed by atoms with Crippen LogP contribution in [0, 0.1) is 17.8 Å². The highest BCUT2D eigenvalue weighted by Crippen LogP contribution is 2.37. The third-order valence-electron chi connectivity index (χ3n) is 4.87. The third kappa shape index (κ3) is 2.15. The summed E-state index contributed by atoms with van der Waals surface area (Å²) in [5, 5.41) is 0. The number of hydrogen-bond donors (Lipinski definition) is 0. The molecule has 0 unspecified atom stereocenters. The zero-order valence-corrected chi connectivity index (χ0v) is 11.6. The molecule has 1 aromatic rings. The monoisotopic (exact) mass is 272 g/mol. The number of piperidine rings is 1. The Bertz CT molecular complexity index is 502. The van der Waals surface area contributed by atoms with Crippen molar-refractivity contribution in [2.24, 2.45) is 17.8 Å². The van der Waals surface area contributed by atoms with E-state index in [-0.39, 0.29) is 0 Å². The molecule has 0 N–H and O–H groups in total. The van der Waals surface area contributed by atoms with Gasteiger partial charge < -0.3 is 9.80 Å². The second kappa shape index (κ2) is 4.72. The minimum atomic E-state index is 0.351. The average Bonchev–Trinajstić information content (AvgIpc) is 3.25. The normalized spacial score (nSPS) is 29.4. The first-order valence-corrected chi connectivity index (χ1v) is 7.62.